The van der Waals surface area contributed by atoms with Crippen LogP contribution in [0.25, 0.3) is 0 Å². The second-order valence-electron chi connectivity index (χ2n) is 5.81. The summed E-state index contributed by atoms with van der Waals surface area (Å²) in [5.41, 5.74) is 3.73. The number of thiocarbonyl (C=S) groups is 1. The Bertz CT molecular complexity index is 977. The summed E-state index contributed by atoms with van der Waals surface area (Å²) >= 11 is 5.07. The second kappa shape index (κ2) is 8.03. The van der Waals surface area contributed by atoms with Crippen molar-refractivity contribution >= 4 is 40.3 Å². The number of benzene rings is 2. The van der Waals surface area contributed by atoms with Gasteiger partial charge in [-0.15, -0.1) is 13.2 Å². The third-order valence-corrected chi connectivity index (χ3v) is 4.08. The van der Waals surface area contributed by atoms with E-state index in [4.69, 9.17) is 12.2 Å². The van der Waals surface area contributed by atoms with Crippen LogP contribution in [-0.4, -0.2) is 29.6 Å². The number of likely N-dealkylation sites (N-methyl/N-ethyl adjacent to an activating group) is 1. The molecule has 0 radical (unpaired) electrons. The van der Waals surface area contributed by atoms with Gasteiger partial charge in [0, 0.05) is 17.8 Å². The van der Waals surface area contributed by atoms with Gasteiger partial charge in [-0.3, -0.25) is 10.2 Å². The minimum atomic E-state index is -4.78. The zero-order chi connectivity index (χ0) is 21.2. The second-order valence-corrected chi connectivity index (χ2v) is 6.22. The van der Waals surface area contributed by atoms with Crippen molar-refractivity contribution in [2.24, 2.45) is 5.10 Å². The predicted octanol–water partition coefficient (Wildman–Crippen LogP) is 3.78. The monoisotopic (exact) mass is 426 g/mol. The minimum absolute atomic E-state index is 0.000532. The third-order valence-electron chi connectivity index (χ3n) is 3.88. The average molecular weight is 426 g/mol. The van der Waals surface area contributed by atoms with E-state index >= 15 is 0 Å². The molecular weight excluding hydrogens is 412 g/mol. The lowest BCUT2D eigenvalue weighted by molar-refractivity contribution is -0.274. The fourth-order valence-corrected chi connectivity index (χ4v) is 2.88. The smallest absolute Gasteiger partial charge is 0.406 e. The van der Waals surface area contributed by atoms with E-state index in [0.717, 1.165) is 12.1 Å². The van der Waals surface area contributed by atoms with Crippen LogP contribution in [0.1, 0.15) is 12.5 Å². The van der Waals surface area contributed by atoms with Gasteiger partial charge in [-0.25, -0.2) is 4.39 Å². The van der Waals surface area contributed by atoms with Crippen LogP contribution in [0.3, 0.4) is 0 Å². The molecule has 1 aliphatic rings. The zero-order valence-corrected chi connectivity index (χ0v) is 15.7. The molecule has 0 spiro atoms. The van der Waals surface area contributed by atoms with E-state index in [2.05, 4.69) is 20.6 Å². The van der Waals surface area contributed by atoms with Crippen molar-refractivity contribution in [3.63, 3.8) is 0 Å². The van der Waals surface area contributed by atoms with Crippen LogP contribution in [0.5, 0.6) is 5.75 Å². The molecule has 0 saturated carbocycles. The van der Waals surface area contributed by atoms with Gasteiger partial charge in [0.05, 0.1) is 5.69 Å². The molecule has 0 aromatic heterocycles. The summed E-state index contributed by atoms with van der Waals surface area (Å²) in [7, 11) is 0. The van der Waals surface area contributed by atoms with Crippen LogP contribution in [0.2, 0.25) is 0 Å². The number of hydrogen-bond acceptors (Lipinski definition) is 4. The fourth-order valence-electron chi connectivity index (χ4n) is 2.71. The van der Waals surface area contributed by atoms with E-state index in [0.29, 0.717) is 23.5 Å². The maximum atomic E-state index is 13.6. The van der Waals surface area contributed by atoms with Crippen molar-refractivity contribution in [3.8, 4) is 5.75 Å². The van der Waals surface area contributed by atoms with E-state index in [1.165, 1.54) is 35.2 Å². The van der Waals surface area contributed by atoms with Gasteiger partial charge < -0.3 is 15.0 Å². The van der Waals surface area contributed by atoms with Gasteiger partial charge in [-0.1, -0.05) is 0 Å². The summed E-state index contributed by atoms with van der Waals surface area (Å²) in [6, 6.07) is 8.84. The Hall–Kier alpha value is -3.21. The van der Waals surface area contributed by atoms with E-state index in [-0.39, 0.29) is 16.6 Å². The molecule has 1 aliphatic heterocycles. The van der Waals surface area contributed by atoms with Gasteiger partial charge in [0.2, 0.25) is 0 Å². The first-order valence-electron chi connectivity index (χ1n) is 8.30. The molecule has 2 aromatic carbocycles. The summed E-state index contributed by atoms with van der Waals surface area (Å²) < 4.78 is 53.9. The van der Waals surface area contributed by atoms with Gasteiger partial charge in [0.25, 0.3) is 5.91 Å². The number of amides is 1. The van der Waals surface area contributed by atoms with E-state index < -0.39 is 18.1 Å². The maximum absolute atomic E-state index is 13.6. The maximum Gasteiger partial charge on any atom is 0.573 e. The zero-order valence-electron chi connectivity index (χ0n) is 14.9. The number of carbonyl (C=O) groups is 1. The molecule has 2 aromatic rings. The van der Waals surface area contributed by atoms with Crippen LogP contribution in [0, 0.1) is 5.82 Å². The summed E-state index contributed by atoms with van der Waals surface area (Å²) in [4.78, 5) is 13.9. The lowest BCUT2D eigenvalue weighted by atomic mass is 10.1. The molecule has 152 valence electrons. The normalized spacial score (nSPS) is 14.7. The highest BCUT2D eigenvalue weighted by Crippen LogP contribution is 2.29. The molecule has 29 heavy (non-hydrogen) atoms. The molecule has 0 fully saturated rings. The molecule has 0 aliphatic carbocycles. The summed E-state index contributed by atoms with van der Waals surface area (Å²) in [6.07, 6.45) is -4.78. The third kappa shape index (κ3) is 4.80. The van der Waals surface area contributed by atoms with Crippen LogP contribution in [0.15, 0.2) is 47.6 Å². The molecule has 6 nitrogen and oxygen atoms in total. The largest absolute Gasteiger partial charge is 0.573 e. The van der Waals surface area contributed by atoms with Crippen LogP contribution < -0.4 is 20.4 Å². The van der Waals surface area contributed by atoms with Gasteiger partial charge >= 0.3 is 6.36 Å². The number of anilines is 2. The molecule has 0 atom stereocenters. The summed E-state index contributed by atoms with van der Waals surface area (Å²) in [5.74, 6) is -1.29. The molecule has 3 rings (SSSR count). The van der Waals surface area contributed by atoms with E-state index in [9.17, 15) is 22.4 Å². The number of fused-ring (bicyclic) bond motifs is 1. The van der Waals surface area contributed by atoms with Crippen LogP contribution >= 0.6 is 12.2 Å². The van der Waals surface area contributed by atoms with Crippen molar-refractivity contribution in [1.29, 1.82) is 0 Å². The molecule has 0 saturated heterocycles. The van der Waals surface area contributed by atoms with Gasteiger partial charge in [0.1, 0.15) is 11.6 Å². The number of carbonyl (C=O) groups excluding carboxylic acids is 1. The van der Waals surface area contributed by atoms with Crippen molar-refractivity contribution in [3.05, 3.63) is 53.8 Å². The number of nitrogens with one attached hydrogen (secondary N) is 2. The standard InChI is InChI=1S/C18H14F4N4O2S/c1-2-26-14-8-3-10(19)9-13(14)15(16(26)27)24-25-17(29)23-11-4-6-12(7-5-11)28-18(20,21)22/h3-9H,2H2,1H3,(H2,23,25,29)/b24-15-. The summed E-state index contributed by atoms with van der Waals surface area (Å²) in [6.45, 7) is 2.16. The topological polar surface area (TPSA) is 66.0 Å². The van der Waals surface area contributed by atoms with Crippen molar-refractivity contribution < 1.29 is 27.1 Å². The number of hydrazone groups is 1. The summed E-state index contributed by atoms with van der Waals surface area (Å²) in [5, 5.41) is 6.68. The van der Waals surface area contributed by atoms with E-state index in [1.807, 2.05) is 0 Å². The molecule has 1 heterocycles. The number of halogens is 4. The molecule has 1 amide bonds. The van der Waals surface area contributed by atoms with Gasteiger partial charge in [-0.2, -0.15) is 5.10 Å². The predicted molar refractivity (Wildman–Crippen MR) is 103 cm³/mol. The lowest BCUT2D eigenvalue weighted by Crippen LogP contribution is -2.32. The van der Waals surface area contributed by atoms with Crippen molar-refractivity contribution in [1.82, 2.24) is 5.43 Å². The Morgan fingerprint density at radius 3 is 2.52 bits per heavy atom. The highest BCUT2D eigenvalue weighted by atomic mass is 32.1. The van der Waals surface area contributed by atoms with Crippen LogP contribution in [-0.2, 0) is 4.79 Å². The molecular formula is C18H14F4N4O2S. The SMILES string of the molecule is CCN1C(=O)/C(=N\NC(=S)Nc2ccc(OC(F)(F)F)cc2)c2cc(F)ccc21. The number of rotatable bonds is 4. The number of hydrogen-bond donors (Lipinski definition) is 2. The van der Waals surface area contributed by atoms with Gasteiger partial charge in [0.15, 0.2) is 10.8 Å². The number of nitrogens with zero attached hydrogens (tertiary/aromatic N) is 2. The Balaban J connectivity index is 1.69. The number of ether oxygens (including phenoxy) is 1. The lowest BCUT2D eigenvalue weighted by Gasteiger charge is -2.13. The Kier molecular flexibility index (Phi) is 5.69. The fraction of sp³-hybridized carbons (Fsp3) is 0.167. The molecule has 0 unspecified atom stereocenters. The van der Waals surface area contributed by atoms with E-state index in [1.54, 1.807) is 6.92 Å². The Morgan fingerprint density at radius 2 is 1.90 bits per heavy atom. The Labute approximate surface area is 168 Å². The molecule has 11 heteroatoms. The first-order chi connectivity index (χ1) is 13.7. The van der Waals surface area contributed by atoms with Gasteiger partial charge in [-0.05, 0) is 61.6 Å². The first-order valence-corrected chi connectivity index (χ1v) is 8.71. The van der Waals surface area contributed by atoms with Crippen molar-refractivity contribution in [2.45, 2.75) is 13.3 Å². The molecule has 2 N–H and O–H groups in total. The van der Waals surface area contributed by atoms with Crippen molar-refractivity contribution in [2.75, 3.05) is 16.8 Å². The quantitative estimate of drug-likeness (QED) is 0.443. The minimum Gasteiger partial charge on any atom is -0.406 e. The number of alkyl halides is 3. The molecule has 0 bridgehead atoms. The average Bonchev–Trinajstić information content (AvgIpc) is 2.90. The Morgan fingerprint density at radius 1 is 1.21 bits per heavy atom. The first kappa shape index (κ1) is 20.5. The van der Waals surface area contributed by atoms with Crippen LogP contribution in [0.4, 0.5) is 28.9 Å². The highest BCUT2D eigenvalue weighted by molar-refractivity contribution is 7.80. The highest BCUT2D eigenvalue weighted by Gasteiger charge is 2.33.